The van der Waals surface area contributed by atoms with Crippen molar-refractivity contribution in [2.45, 2.75) is 30.8 Å². The zero-order valence-corrected chi connectivity index (χ0v) is 17.5. The topological polar surface area (TPSA) is 126 Å². The lowest BCUT2D eigenvalue weighted by molar-refractivity contribution is 0.0611. The van der Waals surface area contributed by atoms with Crippen molar-refractivity contribution in [1.29, 1.82) is 5.26 Å². The molecular weight excluding hydrogens is 428 g/mol. The van der Waals surface area contributed by atoms with Gasteiger partial charge in [-0.05, 0) is 40.3 Å². The molecule has 6 rings (SSSR count). The lowest BCUT2D eigenvalue weighted by atomic mass is 10.1. The molecule has 168 valence electrons. The predicted octanol–water partition coefficient (Wildman–Crippen LogP) is 1.56. The summed E-state index contributed by atoms with van der Waals surface area (Å²) >= 11 is 0. The van der Waals surface area contributed by atoms with Gasteiger partial charge in [0.2, 0.25) is 6.79 Å². The molecule has 3 aromatic rings. The standard InChI is InChI=1S/C22H20N6O5/c23-8-13-2-1-3-14(6-13)9-24-16-10-29-21-17(11-30-20(16)21)28-22(25-26-27-28)33-15-4-5-18-19(7-15)32-12-31-18/h1-7,16-17,20-21,24H,9-12H2. The third-order valence-corrected chi connectivity index (χ3v) is 5.98. The number of nitrogens with zero attached hydrogens (tertiary/aromatic N) is 5. The maximum Gasteiger partial charge on any atom is 0.341 e. The fourth-order valence-corrected chi connectivity index (χ4v) is 4.37. The summed E-state index contributed by atoms with van der Waals surface area (Å²) in [5, 5.41) is 24.5. The van der Waals surface area contributed by atoms with E-state index >= 15 is 0 Å². The third-order valence-electron chi connectivity index (χ3n) is 5.98. The van der Waals surface area contributed by atoms with Crippen LogP contribution in [0.2, 0.25) is 0 Å². The Morgan fingerprint density at radius 1 is 1.09 bits per heavy atom. The molecule has 11 heteroatoms. The molecule has 3 aliphatic heterocycles. The van der Waals surface area contributed by atoms with E-state index in [1.165, 1.54) is 0 Å². The summed E-state index contributed by atoms with van der Waals surface area (Å²) in [6.07, 6.45) is -0.354. The first-order chi connectivity index (χ1) is 16.3. The number of ether oxygens (including phenoxy) is 5. The largest absolute Gasteiger partial charge is 0.454 e. The van der Waals surface area contributed by atoms with Crippen LogP contribution in [-0.2, 0) is 16.0 Å². The van der Waals surface area contributed by atoms with Crippen LogP contribution < -0.4 is 19.5 Å². The molecule has 1 N–H and O–H groups in total. The molecule has 2 aromatic carbocycles. The molecule has 0 spiro atoms. The number of rotatable bonds is 6. The SMILES string of the molecule is N#Cc1cccc(CNC2COC3C2OCC3n2nnnc2Oc2ccc3c(c2)OCO3)c1. The first kappa shape index (κ1) is 19.9. The Bertz CT molecular complexity index is 1210. The van der Waals surface area contributed by atoms with Crippen LogP contribution in [0.1, 0.15) is 17.2 Å². The molecule has 4 unspecified atom stereocenters. The lowest BCUT2D eigenvalue weighted by Gasteiger charge is -2.18. The van der Waals surface area contributed by atoms with Crippen molar-refractivity contribution in [3.8, 4) is 29.3 Å². The second kappa shape index (κ2) is 8.32. The molecule has 2 saturated heterocycles. The van der Waals surface area contributed by atoms with Crippen molar-refractivity contribution >= 4 is 0 Å². The van der Waals surface area contributed by atoms with Gasteiger partial charge in [0, 0.05) is 12.6 Å². The molecule has 0 aliphatic carbocycles. The van der Waals surface area contributed by atoms with Gasteiger partial charge in [-0.25, -0.2) is 0 Å². The number of nitriles is 1. The van der Waals surface area contributed by atoms with Crippen molar-refractivity contribution in [3.63, 3.8) is 0 Å². The Morgan fingerprint density at radius 3 is 2.94 bits per heavy atom. The van der Waals surface area contributed by atoms with Gasteiger partial charge in [0.15, 0.2) is 11.5 Å². The van der Waals surface area contributed by atoms with Gasteiger partial charge in [-0.15, -0.1) is 0 Å². The highest BCUT2D eigenvalue weighted by molar-refractivity contribution is 5.47. The van der Waals surface area contributed by atoms with Crippen LogP contribution in [-0.4, -0.2) is 58.5 Å². The van der Waals surface area contributed by atoms with Gasteiger partial charge < -0.3 is 29.0 Å². The predicted molar refractivity (Wildman–Crippen MR) is 111 cm³/mol. The molecule has 33 heavy (non-hydrogen) atoms. The fourth-order valence-electron chi connectivity index (χ4n) is 4.37. The van der Waals surface area contributed by atoms with Gasteiger partial charge in [-0.2, -0.15) is 9.94 Å². The number of hydrogen-bond donors (Lipinski definition) is 1. The second-order valence-corrected chi connectivity index (χ2v) is 7.99. The molecule has 11 nitrogen and oxygen atoms in total. The van der Waals surface area contributed by atoms with Crippen LogP contribution in [0.3, 0.4) is 0 Å². The summed E-state index contributed by atoms with van der Waals surface area (Å²) in [7, 11) is 0. The molecule has 1 aromatic heterocycles. The van der Waals surface area contributed by atoms with Crippen LogP contribution in [0, 0.1) is 11.3 Å². The van der Waals surface area contributed by atoms with E-state index < -0.39 is 0 Å². The summed E-state index contributed by atoms with van der Waals surface area (Å²) in [6.45, 7) is 1.71. The van der Waals surface area contributed by atoms with Gasteiger partial charge in [0.05, 0.1) is 30.9 Å². The van der Waals surface area contributed by atoms with E-state index in [-0.39, 0.29) is 37.1 Å². The summed E-state index contributed by atoms with van der Waals surface area (Å²) in [6, 6.07) is 15.0. The summed E-state index contributed by atoms with van der Waals surface area (Å²) < 4.78 is 30.4. The molecule has 3 aliphatic rings. The number of hydrogen-bond acceptors (Lipinski definition) is 10. The minimum Gasteiger partial charge on any atom is -0.454 e. The quantitative estimate of drug-likeness (QED) is 0.594. The molecule has 0 amide bonds. The molecule has 2 fully saturated rings. The first-order valence-electron chi connectivity index (χ1n) is 10.6. The van der Waals surface area contributed by atoms with Crippen molar-refractivity contribution in [1.82, 2.24) is 25.5 Å². The number of benzene rings is 2. The van der Waals surface area contributed by atoms with Crippen LogP contribution in [0.25, 0.3) is 0 Å². The summed E-state index contributed by atoms with van der Waals surface area (Å²) in [5.41, 5.74) is 1.67. The van der Waals surface area contributed by atoms with E-state index in [1.54, 1.807) is 28.9 Å². The van der Waals surface area contributed by atoms with Crippen LogP contribution in [0.5, 0.6) is 23.3 Å². The molecule has 4 atom stereocenters. The van der Waals surface area contributed by atoms with Crippen molar-refractivity contribution in [3.05, 3.63) is 53.6 Å². The van der Waals surface area contributed by atoms with Crippen LogP contribution in [0.4, 0.5) is 0 Å². The molecule has 0 saturated carbocycles. The smallest absolute Gasteiger partial charge is 0.341 e. The Kier molecular flexibility index (Phi) is 5.03. The minimum atomic E-state index is -0.220. The Hall–Kier alpha value is -3.72. The van der Waals surface area contributed by atoms with E-state index in [0.29, 0.717) is 42.6 Å². The Labute approximate surface area is 188 Å². The Balaban J connectivity index is 1.13. The lowest BCUT2D eigenvalue weighted by Crippen LogP contribution is -2.40. The van der Waals surface area contributed by atoms with Crippen LogP contribution >= 0.6 is 0 Å². The molecular formula is C22H20N6O5. The highest BCUT2D eigenvalue weighted by atomic mass is 16.7. The average molecular weight is 448 g/mol. The second-order valence-electron chi connectivity index (χ2n) is 7.99. The maximum absolute atomic E-state index is 9.09. The highest BCUT2D eigenvalue weighted by Crippen LogP contribution is 2.38. The van der Waals surface area contributed by atoms with Crippen molar-refractivity contribution in [2.75, 3.05) is 20.0 Å². The van der Waals surface area contributed by atoms with E-state index in [4.69, 9.17) is 28.9 Å². The van der Waals surface area contributed by atoms with Crippen molar-refractivity contribution < 1.29 is 23.7 Å². The zero-order chi connectivity index (χ0) is 22.2. The molecule has 0 bridgehead atoms. The van der Waals surface area contributed by atoms with Gasteiger partial charge in [-0.1, -0.05) is 17.2 Å². The summed E-state index contributed by atoms with van der Waals surface area (Å²) in [4.78, 5) is 0. The minimum absolute atomic E-state index is 0.0143. The Morgan fingerprint density at radius 2 is 2.00 bits per heavy atom. The maximum atomic E-state index is 9.09. The number of aromatic nitrogens is 4. The molecule has 0 radical (unpaired) electrons. The molecule has 4 heterocycles. The van der Waals surface area contributed by atoms with Gasteiger partial charge in [0.1, 0.15) is 24.0 Å². The average Bonchev–Trinajstić information content (AvgIpc) is 3.62. The summed E-state index contributed by atoms with van der Waals surface area (Å²) in [5.74, 6) is 1.83. The van der Waals surface area contributed by atoms with E-state index in [2.05, 4.69) is 26.9 Å². The highest BCUT2D eigenvalue weighted by Gasteiger charge is 2.49. The number of fused-ring (bicyclic) bond motifs is 2. The van der Waals surface area contributed by atoms with Gasteiger partial charge in [-0.3, -0.25) is 0 Å². The van der Waals surface area contributed by atoms with E-state index in [1.807, 2.05) is 18.2 Å². The number of tetrazole rings is 1. The number of nitrogens with one attached hydrogen (secondary N) is 1. The van der Waals surface area contributed by atoms with Crippen LogP contribution in [0.15, 0.2) is 42.5 Å². The fraction of sp³-hybridized carbons (Fsp3) is 0.364. The van der Waals surface area contributed by atoms with E-state index in [9.17, 15) is 0 Å². The van der Waals surface area contributed by atoms with E-state index in [0.717, 1.165) is 5.56 Å². The van der Waals surface area contributed by atoms with Crippen molar-refractivity contribution in [2.24, 2.45) is 0 Å². The zero-order valence-electron chi connectivity index (χ0n) is 17.5. The normalized spacial score (nSPS) is 25.1. The van der Waals surface area contributed by atoms with Gasteiger partial charge >= 0.3 is 6.01 Å². The monoisotopic (exact) mass is 448 g/mol. The van der Waals surface area contributed by atoms with Gasteiger partial charge in [0.25, 0.3) is 0 Å². The third kappa shape index (κ3) is 3.74. The first-order valence-corrected chi connectivity index (χ1v) is 10.6.